The van der Waals surface area contributed by atoms with Crippen molar-refractivity contribution in [2.24, 2.45) is 0 Å². The summed E-state index contributed by atoms with van der Waals surface area (Å²) in [6, 6.07) is 4.89. The fourth-order valence-corrected chi connectivity index (χ4v) is 2.54. The van der Waals surface area contributed by atoms with Crippen LogP contribution >= 0.6 is 22.9 Å². The molecular weight excluding hydrogens is 309 g/mol. The van der Waals surface area contributed by atoms with E-state index in [0.717, 1.165) is 17.4 Å². The van der Waals surface area contributed by atoms with Gasteiger partial charge in [0.25, 0.3) is 5.06 Å². The quantitative estimate of drug-likeness (QED) is 0.674. The maximum Gasteiger partial charge on any atom is 0.323 e. The van der Waals surface area contributed by atoms with Gasteiger partial charge in [0.2, 0.25) is 0 Å². The molecule has 0 saturated heterocycles. The van der Waals surface area contributed by atoms with Gasteiger partial charge in [0.05, 0.1) is 16.0 Å². The molecule has 0 fully saturated rings. The van der Waals surface area contributed by atoms with E-state index >= 15 is 0 Å². The predicted octanol–water partition coefficient (Wildman–Crippen LogP) is 4.29. The van der Waals surface area contributed by atoms with Crippen molar-refractivity contribution in [1.82, 2.24) is 0 Å². The molecule has 0 radical (unpaired) electrons. The normalized spacial score (nSPS) is 12.2. The van der Waals surface area contributed by atoms with E-state index in [-0.39, 0.29) is 21.5 Å². The lowest BCUT2D eigenvalue weighted by Gasteiger charge is -2.03. The minimum atomic E-state index is -0.840. The Morgan fingerprint density at radius 2 is 2.20 bits per heavy atom. The molecule has 0 aliphatic heterocycles. The summed E-state index contributed by atoms with van der Waals surface area (Å²) in [6.07, 6.45) is -0.840. The molecule has 8 heteroatoms. The van der Waals surface area contributed by atoms with E-state index in [1.807, 2.05) is 0 Å². The zero-order valence-corrected chi connectivity index (χ0v) is 11.7. The van der Waals surface area contributed by atoms with Gasteiger partial charge >= 0.3 is 5.69 Å². The molecule has 5 nitrogen and oxygen atoms in total. The third kappa shape index (κ3) is 3.06. The minimum Gasteiger partial charge on any atom is -0.440 e. The number of thiophene rings is 1. The fourth-order valence-electron chi connectivity index (χ4n) is 1.44. The van der Waals surface area contributed by atoms with Crippen molar-refractivity contribution in [3.63, 3.8) is 0 Å². The number of rotatable bonds is 4. The summed E-state index contributed by atoms with van der Waals surface area (Å²) in [7, 11) is 0. The number of benzene rings is 1. The molecule has 0 spiro atoms. The summed E-state index contributed by atoms with van der Waals surface area (Å²) in [5.74, 6) is -0.428. The van der Waals surface area contributed by atoms with Gasteiger partial charge in [0, 0.05) is 17.0 Å². The molecule has 2 aromatic rings. The standard InChI is InChI=1S/C12H9ClFNO4S/c1-6(16)11-5-10(15(17)18)12(20-11)19-7-2-3-9(14)8(13)4-7/h2-6,16H,1H3. The third-order valence-corrected chi connectivity index (χ3v) is 3.87. The zero-order valence-electron chi connectivity index (χ0n) is 10.2. The van der Waals surface area contributed by atoms with Crippen molar-refractivity contribution in [1.29, 1.82) is 0 Å². The monoisotopic (exact) mass is 317 g/mol. The molecule has 0 aliphatic rings. The van der Waals surface area contributed by atoms with Crippen molar-refractivity contribution >= 4 is 28.6 Å². The summed E-state index contributed by atoms with van der Waals surface area (Å²) in [6.45, 7) is 1.49. The maximum atomic E-state index is 13.0. The van der Waals surface area contributed by atoms with Crippen LogP contribution in [0.25, 0.3) is 0 Å². The van der Waals surface area contributed by atoms with Gasteiger partial charge in [-0.1, -0.05) is 22.9 Å². The van der Waals surface area contributed by atoms with Crippen LogP contribution in [0.4, 0.5) is 10.1 Å². The first-order chi connectivity index (χ1) is 9.38. The average molecular weight is 318 g/mol. The molecule has 1 heterocycles. The second-order valence-corrected chi connectivity index (χ2v) is 5.39. The van der Waals surface area contributed by atoms with Gasteiger partial charge in [-0.2, -0.15) is 0 Å². The average Bonchev–Trinajstić information content (AvgIpc) is 2.78. The minimum absolute atomic E-state index is 0.00794. The number of aliphatic hydroxyl groups excluding tert-OH is 1. The van der Waals surface area contributed by atoms with Gasteiger partial charge in [-0.15, -0.1) is 0 Å². The number of hydrogen-bond donors (Lipinski definition) is 1. The molecular formula is C12H9ClFNO4S. The topological polar surface area (TPSA) is 72.6 Å². The molecule has 2 rings (SSSR count). The van der Waals surface area contributed by atoms with Crippen LogP contribution in [-0.2, 0) is 0 Å². The molecule has 1 aromatic heterocycles. The molecule has 0 saturated carbocycles. The molecule has 0 bridgehead atoms. The van der Waals surface area contributed by atoms with Crippen molar-refractivity contribution in [3.8, 4) is 10.8 Å². The van der Waals surface area contributed by atoms with Crippen molar-refractivity contribution < 1.29 is 19.2 Å². The highest BCUT2D eigenvalue weighted by atomic mass is 35.5. The number of nitro groups is 1. The molecule has 20 heavy (non-hydrogen) atoms. The van der Waals surface area contributed by atoms with Crippen LogP contribution in [-0.4, -0.2) is 10.0 Å². The largest absolute Gasteiger partial charge is 0.440 e. The Balaban J connectivity index is 2.36. The number of halogens is 2. The van der Waals surface area contributed by atoms with E-state index in [0.29, 0.717) is 4.88 Å². The van der Waals surface area contributed by atoms with Crippen LogP contribution in [0.2, 0.25) is 5.02 Å². The highest BCUT2D eigenvalue weighted by Crippen LogP contribution is 2.42. The molecule has 106 valence electrons. The van der Waals surface area contributed by atoms with Crippen molar-refractivity contribution in [2.75, 3.05) is 0 Å². The van der Waals surface area contributed by atoms with Gasteiger partial charge < -0.3 is 9.84 Å². The summed E-state index contributed by atoms with van der Waals surface area (Å²) < 4.78 is 18.4. The van der Waals surface area contributed by atoms with Gasteiger partial charge in [-0.3, -0.25) is 10.1 Å². The molecule has 0 aliphatic carbocycles. The molecule has 1 unspecified atom stereocenters. The van der Waals surface area contributed by atoms with E-state index in [1.165, 1.54) is 25.1 Å². The Labute approximate surface area is 122 Å². The van der Waals surface area contributed by atoms with Gasteiger partial charge in [-0.25, -0.2) is 4.39 Å². The molecule has 0 amide bonds. The highest BCUT2D eigenvalue weighted by molar-refractivity contribution is 7.14. The lowest BCUT2D eigenvalue weighted by atomic mass is 10.3. The lowest BCUT2D eigenvalue weighted by molar-refractivity contribution is -0.385. The maximum absolute atomic E-state index is 13.0. The highest BCUT2D eigenvalue weighted by Gasteiger charge is 2.23. The second-order valence-electron chi connectivity index (χ2n) is 3.93. The number of nitrogens with zero attached hydrogens (tertiary/aromatic N) is 1. The van der Waals surface area contributed by atoms with E-state index in [9.17, 15) is 19.6 Å². The molecule has 1 aromatic carbocycles. The molecule has 1 atom stereocenters. The van der Waals surface area contributed by atoms with Crippen LogP contribution in [0.1, 0.15) is 17.9 Å². The smallest absolute Gasteiger partial charge is 0.323 e. The fraction of sp³-hybridized carbons (Fsp3) is 0.167. The second kappa shape index (κ2) is 5.74. The van der Waals surface area contributed by atoms with Crippen LogP contribution in [0, 0.1) is 15.9 Å². The van der Waals surface area contributed by atoms with E-state index in [4.69, 9.17) is 16.3 Å². The van der Waals surface area contributed by atoms with Crippen molar-refractivity contribution in [2.45, 2.75) is 13.0 Å². The van der Waals surface area contributed by atoms with E-state index in [1.54, 1.807) is 0 Å². The first-order valence-corrected chi connectivity index (χ1v) is 6.67. The first-order valence-electron chi connectivity index (χ1n) is 5.47. The zero-order chi connectivity index (χ0) is 14.9. The number of ether oxygens (including phenoxy) is 1. The van der Waals surface area contributed by atoms with E-state index in [2.05, 4.69) is 0 Å². The SMILES string of the molecule is CC(O)c1cc([N+](=O)[O-])c(Oc2ccc(F)c(Cl)c2)s1. The first kappa shape index (κ1) is 14.7. The Hall–Kier alpha value is -1.70. The van der Waals surface area contributed by atoms with Crippen LogP contribution in [0.3, 0.4) is 0 Å². The summed E-state index contributed by atoms with van der Waals surface area (Å²) in [5, 5.41) is 20.3. The summed E-state index contributed by atoms with van der Waals surface area (Å²) in [5.41, 5.74) is -0.258. The van der Waals surface area contributed by atoms with Gasteiger partial charge in [0.15, 0.2) is 0 Å². The van der Waals surface area contributed by atoms with Gasteiger partial charge in [0.1, 0.15) is 11.6 Å². The summed E-state index contributed by atoms with van der Waals surface area (Å²) >= 11 is 6.56. The van der Waals surface area contributed by atoms with E-state index < -0.39 is 16.8 Å². The number of aliphatic hydroxyl groups is 1. The van der Waals surface area contributed by atoms with Crippen LogP contribution in [0.5, 0.6) is 10.8 Å². The number of hydrogen-bond acceptors (Lipinski definition) is 5. The summed E-state index contributed by atoms with van der Waals surface area (Å²) in [4.78, 5) is 10.7. The Bertz CT molecular complexity index is 659. The van der Waals surface area contributed by atoms with Crippen LogP contribution < -0.4 is 4.74 Å². The van der Waals surface area contributed by atoms with Crippen molar-refractivity contribution in [3.05, 3.63) is 50.1 Å². The Kier molecular flexibility index (Phi) is 4.22. The van der Waals surface area contributed by atoms with Gasteiger partial charge in [-0.05, 0) is 19.1 Å². The van der Waals surface area contributed by atoms with Crippen LogP contribution in [0.15, 0.2) is 24.3 Å². The lowest BCUT2D eigenvalue weighted by Crippen LogP contribution is -1.90. The third-order valence-electron chi connectivity index (χ3n) is 2.41. The molecule has 1 N–H and O–H groups in total. The Morgan fingerprint density at radius 1 is 1.50 bits per heavy atom. The Morgan fingerprint density at radius 3 is 2.75 bits per heavy atom. The predicted molar refractivity (Wildman–Crippen MR) is 73.1 cm³/mol.